The molecule has 6 rings (SSSR count). The number of fused-ring (bicyclic) bond motifs is 7. The van der Waals surface area contributed by atoms with Gasteiger partial charge in [-0.1, -0.05) is 12.1 Å². The molecular formula is C23H20N2O5. The van der Waals surface area contributed by atoms with Gasteiger partial charge < -0.3 is 19.7 Å². The number of carboxylic acids is 1. The Morgan fingerprint density at radius 3 is 2.77 bits per heavy atom. The third-order valence-electron chi connectivity index (χ3n) is 6.62. The molecule has 1 amide bonds. The number of aromatic carboxylic acids is 1. The van der Waals surface area contributed by atoms with Crippen LogP contribution in [0.2, 0.25) is 0 Å². The van der Waals surface area contributed by atoms with Gasteiger partial charge in [0.2, 0.25) is 0 Å². The van der Waals surface area contributed by atoms with Crippen LogP contribution in [0.25, 0.3) is 11.1 Å². The number of pyridine rings is 1. The molecule has 30 heavy (non-hydrogen) atoms. The number of nitrogens with one attached hydrogen (secondary N) is 1. The highest BCUT2D eigenvalue weighted by Crippen LogP contribution is 2.50. The summed E-state index contributed by atoms with van der Waals surface area (Å²) in [6.45, 7) is 0.567. The number of hydrogen-bond acceptors (Lipinski definition) is 4. The first-order valence-electron chi connectivity index (χ1n) is 10.3. The van der Waals surface area contributed by atoms with E-state index in [1.807, 2.05) is 22.8 Å². The number of ether oxygens (including phenoxy) is 1. The normalized spacial score (nSPS) is 23.5. The van der Waals surface area contributed by atoms with E-state index in [-0.39, 0.29) is 29.7 Å². The fourth-order valence-corrected chi connectivity index (χ4v) is 5.09. The molecule has 7 nitrogen and oxygen atoms in total. The second-order valence-corrected chi connectivity index (χ2v) is 8.44. The predicted octanol–water partition coefficient (Wildman–Crippen LogP) is 2.25. The molecule has 0 unspecified atom stereocenters. The zero-order valence-corrected chi connectivity index (χ0v) is 16.2. The van der Waals surface area contributed by atoms with Crippen LogP contribution < -0.4 is 10.7 Å². The van der Waals surface area contributed by atoms with Crippen molar-refractivity contribution in [2.45, 2.75) is 43.9 Å². The van der Waals surface area contributed by atoms with Gasteiger partial charge in [-0.15, -0.1) is 0 Å². The van der Waals surface area contributed by atoms with E-state index in [9.17, 15) is 19.5 Å². The van der Waals surface area contributed by atoms with Crippen LogP contribution >= 0.6 is 0 Å². The molecule has 2 aliphatic carbocycles. The van der Waals surface area contributed by atoms with Crippen LogP contribution in [-0.4, -0.2) is 40.3 Å². The lowest BCUT2D eigenvalue weighted by Gasteiger charge is -2.32. The molecule has 2 fully saturated rings. The first-order valence-corrected chi connectivity index (χ1v) is 10.3. The Morgan fingerprint density at radius 1 is 1.17 bits per heavy atom. The van der Waals surface area contributed by atoms with Gasteiger partial charge in [0.25, 0.3) is 5.91 Å². The predicted molar refractivity (Wildman–Crippen MR) is 109 cm³/mol. The van der Waals surface area contributed by atoms with Gasteiger partial charge in [-0.25, -0.2) is 4.79 Å². The van der Waals surface area contributed by atoms with E-state index in [1.165, 1.54) is 12.3 Å². The van der Waals surface area contributed by atoms with Crippen LogP contribution in [0, 0.1) is 0 Å². The molecule has 1 aromatic heterocycles. The quantitative estimate of drug-likeness (QED) is 0.818. The van der Waals surface area contributed by atoms with Crippen molar-refractivity contribution >= 4 is 23.0 Å². The van der Waals surface area contributed by atoms with E-state index in [2.05, 4.69) is 5.32 Å². The molecule has 4 aliphatic rings. The second kappa shape index (κ2) is 6.15. The van der Waals surface area contributed by atoms with Crippen molar-refractivity contribution in [3.05, 3.63) is 68.6 Å². The summed E-state index contributed by atoms with van der Waals surface area (Å²) in [5, 5.41) is 12.5. The van der Waals surface area contributed by atoms with E-state index in [0.29, 0.717) is 18.6 Å². The summed E-state index contributed by atoms with van der Waals surface area (Å²) >= 11 is 0. The van der Waals surface area contributed by atoms with Crippen LogP contribution in [-0.2, 0) is 11.2 Å². The second-order valence-electron chi connectivity index (χ2n) is 8.44. The largest absolute Gasteiger partial charge is 0.477 e. The van der Waals surface area contributed by atoms with E-state index in [0.717, 1.165) is 47.2 Å². The van der Waals surface area contributed by atoms with E-state index < -0.39 is 11.4 Å². The lowest BCUT2D eigenvalue weighted by atomic mass is 9.89. The summed E-state index contributed by atoms with van der Waals surface area (Å²) in [4.78, 5) is 36.8. The molecule has 2 aliphatic heterocycles. The molecule has 0 radical (unpaired) electrons. The molecule has 152 valence electrons. The standard InChI is InChI=1S/C23H20N2O5/c26-19-9-18-15-8-14-12(2-1-3-13(14)22(27)24-11-4-5-11)20(15)21-17(6-7-30-21)25(18)10-16(19)23(28)29/h1-3,9-11,17,21H,4-8H2,(H,24,27)(H,28,29)/t17-,21+/m1/s1. The zero-order chi connectivity index (χ0) is 20.6. The Balaban J connectivity index is 1.52. The van der Waals surface area contributed by atoms with Gasteiger partial charge in [0, 0.05) is 42.6 Å². The van der Waals surface area contributed by atoms with Gasteiger partial charge in [-0.2, -0.15) is 0 Å². The SMILES string of the molecule is O=C(NC1CC1)c1cccc2c1CC1=C2[C@H]2OCC[C@H]2n2cc(C(=O)O)c(=O)cc21. The first-order chi connectivity index (χ1) is 14.5. The maximum absolute atomic E-state index is 12.8. The number of allylic oxidation sites excluding steroid dienone is 1. The van der Waals surface area contributed by atoms with E-state index >= 15 is 0 Å². The van der Waals surface area contributed by atoms with Gasteiger partial charge in [-0.05, 0) is 47.6 Å². The highest BCUT2D eigenvalue weighted by Gasteiger charge is 2.44. The minimum Gasteiger partial charge on any atom is -0.477 e. The van der Waals surface area contributed by atoms with Crippen LogP contribution in [0.3, 0.4) is 0 Å². The summed E-state index contributed by atoms with van der Waals surface area (Å²) in [6, 6.07) is 7.41. The Kier molecular flexibility index (Phi) is 3.62. The Labute approximate surface area is 172 Å². The Hall–Kier alpha value is -3.19. The van der Waals surface area contributed by atoms with Gasteiger partial charge in [-0.3, -0.25) is 9.59 Å². The fraction of sp³-hybridized carbons (Fsp3) is 0.348. The van der Waals surface area contributed by atoms with Crippen molar-refractivity contribution in [3.63, 3.8) is 0 Å². The number of nitrogens with zero attached hydrogens (tertiary/aromatic N) is 1. The monoisotopic (exact) mass is 404 g/mol. The zero-order valence-electron chi connectivity index (χ0n) is 16.2. The summed E-state index contributed by atoms with van der Waals surface area (Å²) in [5.41, 5.74) is 4.62. The van der Waals surface area contributed by atoms with Crippen molar-refractivity contribution in [2.75, 3.05) is 6.61 Å². The maximum Gasteiger partial charge on any atom is 0.341 e. The number of carbonyl (C=O) groups is 2. The van der Waals surface area contributed by atoms with E-state index in [4.69, 9.17) is 4.74 Å². The number of amides is 1. The maximum atomic E-state index is 12.8. The highest BCUT2D eigenvalue weighted by atomic mass is 16.5. The summed E-state index contributed by atoms with van der Waals surface area (Å²) in [6.07, 6.45) is 4.56. The molecule has 2 aromatic rings. The molecule has 0 spiro atoms. The topological polar surface area (TPSA) is 97.6 Å². The molecule has 7 heteroatoms. The highest BCUT2D eigenvalue weighted by molar-refractivity contribution is 6.05. The first kappa shape index (κ1) is 17.7. The van der Waals surface area contributed by atoms with E-state index in [1.54, 1.807) is 0 Å². The minimum atomic E-state index is -1.22. The molecule has 3 heterocycles. The average Bonchev–Trinajstić information content (AvgIpc) is 3.24. The molecule has 0 bridgehead atoms. The van der Waals surface area contributed by atoms with Crippen LogP contribution in [0.1, 0.15) is 62.8 Å². The van der Waals surface area contributed by atoms with Crippen LogP contribution in [0.15, 0.2) is 35.3 Å². The number of hydrogen-bond donors (Lipinski definition) is 2. The van der Waals surface area contributed by atoms with Gasteiger partial charge in [0.05, 0.1) is 6.04 Å². The molecule has 2 N–H and O–H groups in total. The number of carboxylic acid groups (broad SMARTS) is 1. The van der Waals surface area contributed by atoms with Gasteiger partial charge >= 0.3 is 5.97 Å². The minimum absolute atomic E-state index is 0.0586. The summed E-state index contributed by atoms with van der Waals surface area (Å²) in [7, 11) is 0. The number of benzene rings is 1. The Morgan fingerprint density at radius 2 is 2.00 bits per heavy atom. The summed E-state index contributed by atoms with van der Waals surface area (Å²) in [5.74, 6) is -1.28. The summed E-state index contributed by atoms with van der Waals surface area (Å²) < 4.78 is 7.99. The van der Waals surface area contributed by atoms with Crippen LogP contribution in [0.4, 0.5) is 0 Å². The Bertz CT molecular complexity index is 1220. The van der Waals surface area contributed by atoms with Crippen LogP contribution in [0.5, 0.6) is 0 Å². The fourth-order valence-electron chi connectivity index (χ4n) is 5.09. The third-order valence-corrected chi connectivity index (χ3v) is 6.62. The van der Waals surface area contributed by atoms with Crippen molar-refractivity contribution in [2.24, 2.45) is 0 Å². The average molecular weight is 404 g/mol. The van der Waals surface area contributed by atoms with Gasteiger partial charge in [0.1, 0.15) is 11.7 Å². The number of rotatable bonds is 3. The molecule has 1 saturated heterocycles. The van der Waals surface area contributed by atoms with Crippen molar-refractivity contribution in [3.8, 4) is 0 Å². The lowest BCUT2D eigenvalue weighted by molar-refractivity contribution is 0.0693. The lowest BCUT2D eigenvalue weighted by Crippen LogP contribution is -2.31. The van der Waals surface area contributed by atoms with Crippen molar-refractivity contribution < 1.29 is 19.4 Å². The van der Waals surface area contributed by atoms with Crippen molar-refractivity contribution in [1.29, 1.82) is 0 Å². The molecule has 1 aromatic carbocycles. The number of carbonyl (C=O) groups excluding carboxylic acids is 1. The molecule has 1 saturated carbocycles. The molecular weight excluding hydrogens is 384 g/mol. The van der Waals surface area contributed by atoms with Gasteiger partial charge in [0.15, 0.2) is 5.43 Å². The number of aromatic nitrogens is 1. The van der Waals surface area contributed by atoms with Crippen molar-refractivity contribution in [1.82, 2.24) is 9.88 Å². The third kappa shape index (κ3) is 2.45. The smallest absolute Gasteiger partial charge is 0.341 e. The molecule has 2 atom stereocenters.